The number of hydrogen-bond donors (Lipinski definition) is 0. The predicted octanol–water partition coefficient (Wildman–Crippen LogP) is 4.73. The molecule has 0 N–H and O–H groups in total. The van der Waals surface area contributed by atoms with Gasteiger partial charge >= 0.3 is 0 Å². The first-order valence-corrected chi connectivity index (χ1v) is 6.78. The molecule has 0 saturated carbocycles. The van der Waals surface area contributed by atoms with E-state index in [1.807, 2.05) is 25.1 Å². The summed E-state index contributed by atoms with van der Waals surface area (Å²) in [6.45, 7) is 4.18. The first-order valence-electron chi connectivity index (χ1n) is 6.40. The first-order chi connectivity index (χ1) is 8.13. The number of ketones is 1. The minimum absolute atomic E-state index is 0.298. The molecular weight excluding hydrogens is 232 g/mol. The van der Waals surface area contributed by atoms with E-state index in [9.17, 15) is 4.79 Å². The van der Waals surface area contributed by atoms with Crippen LogP contribution in [0.5, 0.6) is 0 Å². The standard InChI is InChI=1S/C15H21ClO/c1-3-4-5-6-7-14(17)11-13-9-8-12(2)10-15(13)16/h8-10H,3-7,11H2,1-2H3. The van der Waals surface area contributed by atoms with Crippen LogP contribution in [-0.4, -0.2) is 5.78 Å². The molecule has 0 aliphatic rings. The average Bonchev–Trinajstić information content (AvgIpc) is 2.28. The van der Waals surface area contributed by atoms with Crippen molar-refractivity contribution in [2.24, 2.45) is 0 Å². The van der Waals surface area contributed by atoms with Crippen molar-refractivity contribution >= 4 is 17.4 Å². The van der Waals surface area contributed by atoms with Crippen molar-refractivity contribution in [1.82, 2.24) is 0 Å². The van der Waals surface area contributed by atoms with E-state index >= 15 is 0 Å². The molecule has 1 rings (SSSR count). The Bertz CT molecular complexity index is 371. The van der Waals surface area contributed by atoms with Crippen LogP contribution in [0.3, 0.4) is 0 Å². The Morgan fingerprint density at radius 2 is 2.00 bits per heavy atom. The molecule has 1 aromatic carbocycles. The SMILES string of the molecule is CCCCCCC(=O)Cc1ccc(C)cc1Cl. The highest BCUT2D eigenvalue weighted by molar-refractivity contribution is 6.31. The molecule has 0 radical (unpaired) electrons. The molecule has 0 atom stereocenters. The van der Waals surface area contributed by atoms with E-state index in [0.29, 0.717) is 23.6 Å². The summed E-state index contributed by atoms with van der Waals surface area (Å²) in [7, 11) is 0. The minimum atomic E-state index is 0.298. The summed E-state index contributed by atoms with van der Waals surface area (Å²) in [5.41, 5.74) is 2.09. The number of hydrogen-bond acceptors (Lipinski definition) is 1. The number of rotatable bonds is 7. The van der Waals surface area contributed by atoms with Gasteiger partial charge in [-0.25, -0.2) is 0 Å². The van der Waals surface area contributed by atoms with E-state index in [1.165, 1.54) is 12.8 Å². The molecule has 0 saturated heterocycles. The van der Waals surface area contributed by atoms with Crippen LogP contribution in [0.2, 0.25) is 5.02 Å². The predicted molar refractivity (Wildman–Crippen MR) is 73.7 cm³/mol. The molecule has 0 aliphatic heterocycles. The van der Waals surface area contributed by atoms with Crippen LogP contribution in [0, 0.1) is 6.92 Å². The molecule has 1 aromatic rings. The van der Waals surface area contributed by atoms with E-state index in [1.54, 1.807) is 0 Å². The van der Waals surface area contributed by atoms with Crippen LogP contribution in [0.15, 0.2) is 18.2 Å². The monoisotopic (exact) mass is 252 g/mol. The van der Waals surface area contributed by atoms with Gasteiger partial charge in [0.25, 0.3) is 0 Å². The van der Waals surface area contributed by atoms with E-state index in [2.05, 4.69) is 6.92 Å². The fourth-order valence-corrected chi connectivity index (χ4v) is 2.15. The third-order valence-electron chi connectivity index (χ3n) is 2.91. The fraction of sp³-hybridized carbons (Fsp3) is 0.533. The van der Waals surface area contributed by atoms with Gasteiger partial charge in [0.2, 0.25) is 0 Å². The van der Waals surface area contributed by atoms with E-state index in [0.717, 1.165) is 24.0 Å². The molecule has 1 nitrogen and oxygen atoms in total. The minimum Gasteiger partial charge on any atom is -0.299 e. The highest BCUT2D eigenvalue weighted by Gasteiger charge is 2.07. The van der Waals surface area contributed by atoms with E-state index in [4.69, 9.17) is 11.6 Å². The molecule has 0 amide bonds. The topological polar surface area (TPSA) is 17.1 Å². The summed E-state index contributed by atoms with van der Waals surface area (Å²) in [6, 6.07) is 5.88. The van der Waals surface area contributed by atoms with Crippen LogP contribution in [-0.2, 0) is 11.2 Å². The molecule has 0 unspecified atom stereocenters. The van der Waals surface area contributed by atoms with Crippen molar-refractivity contribution < 1.29 is 4.79 Å². The lowest BCUT2D eigenvalue weighted by Gasteiger charge is -2.05. The Balaban J connectivity index is 2.40. The van der Waals surface area contributed by atoms with Gasteiger partial charge in [-0.2, -0.15) is 0 Å². The molecule has 94 valence electrons. The van der Waals surface area contributed by atoms with Crippen LogP contribution >= 0.6 is 11.6 Å². The van der Waals surface area contributed by atoms with Gasteiger partial charge in [-0.05, 0) is 30.5 Å². The largest absolute Gasteiger partial charge is 0.299 e. The second-order valence-electron chi connectivity index (χ2n) is 4.62. The van der Waals surface area contributed by atoms with Gasteiger partial charge in [-0.15, -0.1) is 0 Å². The highest BCUT2D eigenvalue weighted by atomic mass is 35.5. The number of unbranched alkanes of at least 4 members (excludes halogenated alkanes) is 3. The van der Waals surface area contributed by atoms with E-state index in [-0.39, 0.29) is 0 Å². The molecule has 0 heterocycles. The van der Waals surface area contributed by atoms with Crippen LogP contribution < -0.4 is 0 Å². The van der Waals surface area contributed by atoms with Gasteiger partial charge in [0.05, 0.1) is 0 Å². The summed E-state index contributed by atoms with van der Waals surface area (Å²) >= 11 is 6.11. The normalized spacial score (nSPS) is 10.5. The molecule has 0 aliphatic carbocycles. The highest BCUT2D eigenvalue weighted by Crippen LogP contribution is 2.19. The molecule has 0 bridgehead atoms. The number of carbonyl (C=O) groups excluding carboxylic acids is 1. The van der Waals surface area contributed by atoms with Gasteiger partial charge in [0.1, 0.15) is 5.78 Å². The molecule has 17 heavy (non-hydrogen) atoms. The van der Waals surface area contributed by atoms with Gasteiger partial charge in [-0.3, -0.25) is 4.79 Å². The maximum Gasteiger partial charge on any atom is 0.137 e. The van der Waals surface area contributed by atoms with Gasteiger partial charge in [0, 0.05) is 17.9 Å². The van der Waals surface area contributed by atoms with Gasteiger partial charge < -0.3 is 0 Å². The summed E-state index contributed by atoms with van der Waals surface area (Å²) in [5.74, 6) is 0.298. The third-order valence-corrected chi connectivity index (χ3v) is 3.26. The zero-order valence-electron chi connectivity index (χ0n) is 10.8. The molecule has 2 heteroatoms. The Morgan fingerprint density at radius 1 is 1.24 bits per heavy atom. The zero-order valence-corrected chi connectivity index (χ0v) is 11.5. The van der Waals surface area contributed by atoms with Crippen molar-refractivity contribution in [2.45, 2.75) is 52.4 Å². The quantitative estimate of drug-likeness (QED) is 0.641. The summed E-state index contributed by atoms with van der Waals surface area (Å²) in [5, 5.41) is 0.715. The van der Waals surface area contributed by atoms with E-state index < -0.39 is 0 Å². The van der Waals surface area contributed by atoms with Crippen molar-refractivity contribution in [2.75, 3.05) is 0 Å². The number of carbonyl (C=O) groups is 1. The summed E-state index contributed by atoms with van der Waals surface area (Å²) in [4.78, 5) is 11.8. The molecule has 0 fully saturated rings. The lowest BCUT2D eigenvalue weighted by molar-refractivity contribution is -0.118. The maximum absolute atomic E-state index is 11.8. The summed E-state index contributed by atoms with van der Waals surface area (Å²) < 4.78 is 0. The second-order valence-corrected chi connectivity index (χ2v) is 5.03. The van der Waals surface area contributed by atoms with Crippen LogP contribution in [0.4, 0.5) is 0 Å². The van der Waals surface area contributed by atoms with Crippen LogP contribution in [0.1, 0.15) is 50.2 Å². The van der Waals surface area contributed by atoms with Crippen molar-refractivity contribution in [3.8, 4) is 0 Å². The zero-order chi connectivity index (χ0) is 12.7. The lowest BCUT2D eigenvalue weighted by Crippen LogP contribution is -2.03. The van der Waals surface area contributed by atoms with Gasteiger partial charge in [-0.1, -0.05) is 49.9 Å². The average molecular weight is 253 g/mol. The smallest absolute Gasteiger partial charge is 0.137 e. The number of benzene rings is 1. The van der Waals surface area contributed by atoms with Crippen molar-refractivity contribution in [1.29, 1.82) is 0 Å². The maximum atomic E-state index is 11.8. The Kier molecular flexibility index (Phi) is 6.28. The molecule has 0 spiro atoms. The fourth-order valence-electron chi connectivity index (χ4n) is 1.85. The van der Waals surface area contributed by atoms with Crippen molar-refractivity contribution in [3.63, 3.8) is 0 Å². The third kappa shape index (κ3) is 5.36. The van der Waals surface area contributed by atoms with Gasteiger partial charge in [0.15, 0.2) is 0 Å². The molecule has 0 aromatic heterocycles. The Hall–Kier alpha value is -0.820. The number of halogens is 1. The van der Waals surface area contributed by atoms with Crippen LogP contribution in [0.25, 0.3) is 0 Å². The molecular formula is C15H21ClO. The number of aryl methyl sites for hydroxylation is 1. The number of Topliss-reactive ketones (excluding diaryl/α,β-unsaturated/α-hetero) is 1. The summed E-state index contributed by atoms with van der Waals surface area (Å²) in [6.07, 6.45) is 5.76. The first kappa shape index (κ1) is 14.2. The lowest BCUT2D eigenvalue weighted by atomic mass is 10.0. The van der Waals surface area contributed by atoms with Crippen molar-refractivity contribution in [3.05, 3.63) is 34.3 Å². The Labute approximate surface area is 109 Å². The Morgan fingerprint density at radius 3 is 2.65 bits per heavy atom. The second kappa shape index (κ2) is 7.50.